The van der Waals surface area contributed by atoms with Gasteiger partial charge >= 0.3 is 0 Å². The third kappa shape index (κ3) is 6.95. The van der Waals surface area contributed by atoms with Gasteiger partial charge in [0.05, 0.1) is 31.3 Å². The number of methoxy groups -OCH3 is 1. The van der Waals surface area contributed by atoms with Crippen LogP contribution in [0.2, 0.25) is 0 Å². The summed E-state index contributed by atoms with van der Waals surface area (Å²) in [6.45, 7) is 7.19. The lowest BCUT2D eigenvalue weighted by Crippen LogP contribution is -2.40. The van der Waals surface area contributed by atoms with E-state index >= 15 is 0 Å². The smallest absolute Gasteiger partial charge is 0.242 e. The molecule has 0 amide bonds. The molecule has 0 spiro atoms. The molecule has 1 saturated heterocycles. The van der Waals surface area contributed by atoms with Gasteiger partial charge < -0.3 is 19.7 Å². The van der Waals surface area contributed by atoms with Crippen molar-refractivity contribution in [3.8, 4) is 0 Å². The molecule has 1 fully saturated rings. The fourth-order valence-corrected chi connectivity index (χ4v) is 4.02. The van der Waals surface area contributed by atoms with Crippen molar-refractivity contribution < 1.29 is 17.9 Å². The third-order valence-corrected chi connectivity index (χ3v) is 6.65. The van der Waals surface area contributed by atoms with Crippen molar-refractivity contribution in [1.29, 1.82) is 0 Å². The monoisotopic (exact) mass is 426 g/mol. The summed E-state index contributed by atoms with van der Waals surface area (Å²) in [6.07, 6.45) is 1.08. The predicted octanol–water partition coefficient (Wildman–Crippen LogP) is 1.39. The Hall–Kier alpha value is -1.68. The van der Waals surface area contributed by atoms with Gasteiger partial charge in [0.2, 0.25) is 10.0 Å². The Morgan fingerprint density at radius 1 is 1.28 bits per heavy atom. The van der Waals surface area contributed by atoms with Crippen LogP contribution in [-0.4, -0.2) is 84.2 Å². The van der Waals surface area contributed by atoms with Crippen molar-refractivity contribution in [3.05, 3.63) is 29.8 Å². The molecule has 2 rings (SSSR count). The van der Waals surface area contributed by atoms with Crippen LogP contribution in [0.1, 0.15) is 18.9 Å². The lowest BCUT2D eigenvalue weighted by atomic mass is 10.1. The van der Waals surface area contributed by atoms with Crippen LogP contribution < -0.4 is 5.32 Å². The zero-order valence-corrected chi connectivity index (χ0v) is 18.7. The molecule has 0 radical (unpaired) electrons. The Morgan fingerprint density at radius 2 is 2.00 bits per heavy atom. The maximum Gasteiger partial charge on any atom is 0.242 e. The number of hydrogen-bond acceptors (Lipinski definition) is 5. The van der Waals surface area contributed by atoms with Gasteiger partial charge in [0.1, 0.15) is 0 Å². The molecule has 1 aliphatic rings. The molecule has 29 heavy (non-hydrogen) atoms. The van der Waals surface area contributed by atoms with Gasteiger partial charge in [0.25, 0.3) is 0 Å². The van der Waals surface area contributed by atoms with Gasteiger partial charge in [-0.2, -0.15) is 0 Å². The fraction of sp³-hybridized carbons (Fsp3) is 0.650. The highest BCUT2D eigenvalue weighted by molar-refractivity contribution is 7.89. The van der Waals surface area contributed by atoms with Crippen LogP contribution in [0.4, 0.5) is 0 Å². The minimum Gasteiger partial charge on any atom is -0.382 e. The molecule has 1 N–H and O–H groups in total. The topological polar surface area (TPSA) is 83.5 Å². The Kier molecular flexibility index (Phi) is 9.35. The highest BCUT2D eigenvalue weighted by Gasteiger charge is 2.25. The number of hydrogen-bond donors (Lipinski definition) is 1. The predicted molar refractivity (Wildman–Crippen MR) is 115 cm³/mol. The van der Waals surface area contributed by atoms with Crippen molar-refractivity contribution >= 4 is 16.0 Å². The number of ether oxygens (including phenoxy) is 2. The molecule has 0 bridgehead atoms. The molecule has 8 nitrogen and oxygen atoms in total. The van der Waals surface area contributed by atoms with E-state index in [9.17, 15) is 8.42 Å². The first-order valence-corrected chi connectivity index (χ1v) is 11.4. The Balaban J connectivity index is 1.95. The van der Waals surface area contributed by atoms with Crippen molar-refractivity contribution in [1.82, 2.24) is 14.5 Å². The van der Waals surface area contributed by atoms with E-state index in [1.54, 1.807) is 19.2 Å². The third-order valence-electron chi connectivity index (χ3n) is 4.82. The number of nitrogens with zero attached hydrogens (tertiary/aromatic N) is 3. The number of sulfonamides is 1. The van der Waals surface area contributed by atoms with Crippen LogP contribution in [-0.2, 0) is 26.0 Å². The summed E-state index contributed by atoms with van der Waals surface area (Å²) >= 11 is 0. The molecule has 1 heterocycles. The summed E-state index contributed by atoms with van der Waals surface area (Å²) in [7, 11) is 1.33. The largest absolute Gasteiger partial charge is 0.382 e. The number of rotatable bonds is 10. The summed E-state index contributed by atoms with van der Waals surface area (Å²) in [4.78, 5) is 7.30. The average molecular weight is 427 g/mol. The van der Waals surface area contributed by atoms with Gasteiger partial charge in [0.15, 0.2) is 5.96 Å². The highest BCUT2D eigenvalue weighted by Crippen LogP contribution is 2.18. The molecule has 0 aliphatic carbocycles. The van der Waals surface area contributed by atoms with Gasteiger partial charge in [-0.1, -0.05) is 12.1 Å². The molecule has 1 unspecified atom stereocenters. The summed E-state index contributed by atoms with van der Waals surface area (Å²) in [6, 6.07) is 6.91. The maximum atomic E-state index is 12.2. The Morgan fingerprint density at radius 3 is 2.62 bits per heavy atom. The van der Waals surface area contributed by atoms with Crippen molar-refractivity contribution in [2.24, 2.45) is 10.9 Å². The SMILES string of the molecule is CCNC(=NCc1ccc(S(=O)(=O)N(C)C)cc1)N1CCC(COCCOC)C1. The average Bonchev–Trinajstić information content (AvgIpc) is 3.17. The normalized spacial score (nSPS) is 17.9. The van der Waals surface area contributed by atoms with Gasteiger partial charge in [-0.15, -0.1) is 0 Å². The van der Waals surface area contributed by atoms with E-state index in [2.05, 4.69) is 17.1 Å². The van der Waals surface area contributed by atoms with Gasteiger partial charge in [-0.05, 0) is 31.0 Å². The summed E-state index contributed by atoms with van der Waals surface area (Å²) in [5.41, 5.74) is 0.969. The minimum atomic E-state index is -3.41. The van der Waals surface area contributed by atoms with Crippen LogP contribution in [0.15, 0.2) is 34.2 Å². The van der Waals surface area contributed by atoms with Crippen molar-refractivity contribution in [2.75, 3.05) is 60.7 Å². The van der Waals surface area contributed by atoms with E-state index in [0.29, 0.717) is 25.7 Å². The molecule has 1 aliphatic heterocycles. The first kappa shape index (κ1) is 23.6. The lowest BCUT2D eigenvalue weighted by Gasteiger charge is -2.21. The van der Waals surface area contributed by atoms with Crippen LogP contribution >= 0.6 is 0 Å². The van der Waals surface area contributed by atoms with E-state index in [1.165, 1.54) is 18.4 Å². The van der Waals surface area contributed by atoms with Crippen molar-refractivity contribution in [3.63, 3.8) is 0 Å². The number of aliphatic imine (C=N–C) groups is 1. The van der Waals surface area contributed by atoms with E-state index in [0.717, 1.165) is 44.2 Å². The zero-order chi connectivity index (χ0) is 21.3. The Labute approximate surface area is 174 Å². The highest BCUT2D eigenvalue weighted by atomic mass is 32.2. The second kappa shape index (κ2) is 11.5. The van der Waals surface area contributed by atoms with Gasteiger partial charge in [0, 0.05) is 46.8 Å². The van der Waals surface area contributed by atoms with Crippen LogP contribution in [0.25, 0.3) is 0 Å². The number of nitrogens with one attached hydrogen (secondary N) is 1. The number of likely N-dealkylation sites (tertiary alicyclic amines) is 1. The molecule has 1 aromatic rings. The summed E-state index contributed by atoms with van der Waals surface area (Å²) in [5, 5.41) is 3.35. The Bertz CT molecular complexity index is 750. The molecule has 0 aromatic heterocycles. The minimum absolute atomic E-state index is 0.290. The van der Waals surface area contributed by atoms with Crippen LogP contribution in [0.5, 0.6) is 0 Å². The van der Waals surface area contributed by atoms with E-state index < -0.39 is 10.0 Å². The van der Waals surface area contributed by atoms with Crippen LogP contribution in [0, 0.1) is 5.92 Å². The van der Waals surface area contributed by atoms with Gasteiger partial charge in [-0.3, -0.25) is 0 Å². The summed E-state index contributed by atoms with van der Waals surface area (Å²) < 4.78 is 36.2. The maximum absolute atomic E-state index is 12.2. The molecule has 9 heteroatoms. The molecule has 1 aromatic carbocycles. The van der Waals surface area contributed by atoms with Crippen molar-refractivity contribution in [2.45, 2.75) is 24.8 Å². The second-order valence-electron chi connectivity index (χ2n) is 7.27. The quantitative estimate of drug-likeness (QED) is 0.346. The molecular weight excluding hydrogens is 392 g/mol. The van der Waals surface area contributed by atoms with E-state index in [4.69, 9.17) is 14.5 Å². The first-order valence-electron chi connectivity index (χ1n) is 9.99. The second-order valence-corrected chi connectivity index (χ2v) is 9.42. The number of guanidine groups is 1. The van der Waals surface area contributed by atoms with E-state index in [1.807, 2.05) is 12.1 Å². The van der Waals surface area contributed by atoms with Crippen LogP contribution in [0.3, 0.4) is 0 Å². The standard InChI is InChI=1S/C20H34N4O4S/c1-5-21-20(24-11-10-18(15-24)16-28-13-12-27-4)22-14-17-6-8-19(9-7-17)29(25,26)23(2)3/h6-9,18H,5,10-16H2,1-4H3,(H,21,22). The zero-order valence-electron chi connectivity index (χ0n) is 17.9. The fourth-order valence-electron chi connectivity index (χ4n) is 3.12. The molecular formula is C20H34N4O4S. The lowest BCUT2D eigenvalue weighted by molar-refractivity contribution is 0.0536. The van der Waals surface area contributed by atoms with Gasteiger partial charge in [-0.25, -0.2) is 17.7 Å². The first-order chi connectivity index (χ1) is 13.9. The summed E-state index contributed by atoms with van der Waals surface area (Å²) in [5.74, 6) is 1.38. The molecule has 0 saturated carbocycles. The number of benzene rings is 1. The van der Waals surface area contributed by atoms with E-state index in [-0.39, 0.29) is 4.90 Å². The molecule has 1 atom stereocenters. The molecule has 164 valence electrons.